The van der Waals surface area contributed by atoms with Crippen molar-refractivity contribution in [2.75, 3.05) is 13.1 Å². The summed E-state index contributed by atoms with van der Waals surface area (Å²) in [5.41, 5.74) is 0.858. The Labute approximate surface area is 190 Å². The maximum absolute atomic E-state index is 13.3. The molecule has 3 amide bonds. The molecule has 0 radical (unpaired) electrons. The number of benzene rings is 1. The van der Waals surface area contributed by atoms with E-state index in [0.717, 1.165) is 37.7 Å². The number of nitrogens with zero attached hydrogens (tertiary/aromatic N) is 2. The third-order valence-corrected chi connectivity index (χ3v) is 5.21. The minimum Gasteiger partial charge on any atom is -0.444 e. The van der Waals surface area contributed by atoms with Crippen LogP contribution in [0.15, 0.2) is 24.3 Å². The Kier molecular flexibility index (Phi) is 9.06. The summed E-state index contributed by atoms with van der Waals surface area (Å²) >= 11 is 0. The summed E-state index contributed by atoms with van der Waals surface area (Å²) in [7, 11) is 0. The number of carbonyl (C=O) groups is 3. The number of nitrogens with one attached hydrogen (secondary N) is 2. The number of nitriles is 1. The Morgan fingerprint density at radius 2 is 1.91 bits per heavy atom. The van der Waals surface area contributed by atoms with Gasteiger partial charge in [-0.3, -0.25) is 9.59 Å². The second-order valence-corrected chi connectivity index (χ2v) is 9.20. The predicted octanol–water partition coefficient (Wildman–Crippen LogP) is 3.36. The average Bonchev–Trinajstić information content (AvgIpc) is 2.71. The molecule has 1 atom stereocenters. The first-order chi connectivity index (χ1) is 15.1. The van der Waals surface area contributed by atoms with Gasteiger partial charge >= 0.3 is 6.09 Å². The average molecular weight is 443 g/mol. The molecular weight excluding hydrogens is 408 g/mol. The molecule has 32 heavy (non-hydrogen) atoms. The zero-order chi connectivity index (χ0) is 23.7. The van der Waals surface area contributed by atoms with Crippen molar-refractivity contribution in [2.45, 2.75) is 77.5 Å². The largest absolute Gasteiger partial charge is 0.444 e. The highest BCUT2D eigenvalue weighted by Crippen LogP contribution is 2.24. The van der Waals surface area contributed by atoms with E-state index in [4.69, 9.17) is 4.74 Å². The first-order valence-electron chi connectivity index (χ1n) is 11.1. The lowest BCUT2D eigenvalue weighted by molar-refractivity contribution is -0.139. The Hall–Kier alpha value is -3.08. The fraction of sp³-hybridized carbons (Fsp3) is 0.583. The number of aryl methyl sites for hydroxylation is 1. The molecule has 0 aliphatic heterocycles. The Morgan fingerprint density at radius 3 is 2.50 bits per heavy atom. The molecule has 0 aromatic heterocycles. The van der Waals surface area contributed by atoms with Crippen LogP contribution in [0, 0.1) is 18.3 Å². The van der Waals surface area contributed by atoms with Crippen LogP contribution >= 0.6 is 0 Å². The first-order valence-corrected chi connectivity index (χ1v) is 11.1. The Balaban J connectivity index is 2.24. The predicted molar refractivity (Wildman–Crippen MR) is 120 cm³/mol. The van der Waals surface area contributed by atoms with Gasteiger partial charge in [0.2, 0.25) is 11.8 Å². The van der Waals surface area contributed by atoms with Crippen LogP contribution in [-0.4, -0.2) is 47.5 Å². The van der Waals surface area contributed by atoms with Crippen LogP contribution in [0.1, 0.15) is 70.0 Å². The molecule has 1 aliphatic rings. The molecule has 174 valence electrons. The van der Waals surface area contributed by atoms with Crippen LogP contribution in [0.5, 0.6) is 0 Å². The van der Waals surface area contributed by atoms with Gasteiger partial charge in [-0.25, -0.2) is 4.79 Å². The molecule has 1 saturated carbocycles. The van der Waals surface area contributed by atoms with Gasteiger partial charge in [0.25, 0.3) is 0 Å². The van der Waals surface area contributed by atoms with Gasteiger partial charge in [-0.1, -0.05) is 49.1 Å². The van der Waals surface area contributed by atoms with Gasteiger partial charge in [0, 0.05) is 6.04 Å². The van der Waals surface area contributed by atoms with Crippen molar-refractivity contribution < 1.29 is 19.1 Å². The van der Waals surface area contributed by atoms with E-state index in [1.807, 2.05) is 31.2 Å². The minimum atomic E-state index is -0.968. The molecule has 1 aromatic rings. The summed E-state index contributed by atoms with van der Waals surface area (Å²) in [4.78, 5) is 39.6. The third kappa shape index (κ3) is 7.88. The highest BCUT2D eigenvalue weighted by molar-refractivity contribution is 5.90. The number of alkyl carbamates (subject to hydrolysis) is 1. The zero-order valence-corrected chi connectivity index (χ0v) is 19.4. The van der Waals surface area contributed by atoms with Crippen molar-refractivity contribution in [3.63, 3.8) is 0 Å². The maximum Gasteiger partial charge on any atom is 0.408 e. The normalized spacial score (nSPS) is 15.2. The number of amides is 3. The topological polar surface area (TPSA) is 112 Å². The summed E-state index contributed by atoms with van der Waals surface area (Å²) in [6.45, 7) is 6.40. The van der Waals surface area contributed by atoms with E-state index in [0.29, 0.717) is 5.56 Å². The number of ether oxygens (including phenoxy) is 1. The zero-order valence-electron chi connectivity index (χ0n) is 19.4. The third-order valence-electron chi connectivity index (χ3n) is 5.21. The standard InChI is InChI=1S/C24H34N4O4/c1-17-9-8-10-18(15-17)21(22(30)27-19-11-6-5-7-12-19)28(14-13-25)20(29)16-26-23(31)32-24(2,3)4/h8-10,15,19,21H,5-7,11-12,14,16H2,1-4H3,(H,26,31)(H,27,30). The molecule has 0 bridgehead atoms. The molecule has 2 N–H and O–H groups in total. The summed E-state index contributed by atoms with van der Waals surface area (Å²) in [5.74, 6) is -0.855. The van der Waals surface area contributed by atoms with Gasteiger partial charge in [-0.05, 0) is 46.1 Å². The molecule has 1 unspecified atom stereocenters. The fourth-order valence-corrected chi connectivity index (χ4v) is 3.80. The SMILES string of the molecule is Cc1cccc(C(C(=O)NC2CCCCC2)N(CC#N)C(=O)CNC(=O)OC(C)(C)C)c1. The van der Waals surface area contributed by atoms with E-state index in [1.165, 1.54) is 4.90 Å². The van der Waals surface area contributed by atoms with Crippen molar-refractivity contribution in [3.8, 4) is 6.07 Å². The van der Waals surface area contributed by atoms with Gasteiger partial charge in [-0.2, -0.15) is 5.26 Å². The summed E-state index contributed by atoms with van der Waals surface area (Å²) in [6, 6.07) is 8.40. The number of hydrogen-bond donors (Lipinski definition) is 2. The highest BCUT2D eigenvalue weighted by atomic mass is 16.6. The quantitative estimate of drug-likeness (QED) is 0.629. The molecule has 8 heteroatoms. The molecule has 0 heterocycles. The maximum atomic E-state index is 13.3. The first kappa shape index (κ1) is 25.2. The fourth-order valence-electron chi connectivity index (χ4n) is 3.80. The lowest BCUT2D eigenvalue weighted by atomic mass is 9.94. The van der Waals surface area contributed by atoms with E-state index < -0.39 is 23.6 Å². The smallest absolute Gasteiger partial charge is 0.408 e. The Morgan fingerprint density at radius 1 is 1.22 bits per heavy atom. The summed E-state index contributed by atoms with van der Waals surface area (Å²) < 4.78 is 5.17. The van der Waals surface area contributed by atoms with Crippen LogP contribution < -0.4 is 10.6 Å². The van der Waals surface area contributed by atoms with Crippen molar-refractivity contribution in [2.24, 2.45) is 0 Å². The van der Waals surface area contributed by atoms with E-state index in [1.54, 1.807) is 26.8 Å². The van der Waals surface area contributed by atoms with Gasteiger partial charge in [0.1, 0.15) is 24.7 Å². The van der Waals surface area contributed by atoms with E-state index >= 15 is 0 Å². The molecule has 1 aromatic carbocycles. The van der Waals surface area contributed by atoms with Crippen molar-refractivity contribution in [3.05, 3.63) is 35.4 Å². The molecule has 8 nitrogen and oxygen atoms in total. The highest BCUT2D eigenvalue weighted by Gasteiger charge is 2.33. The van der Waals surface area contributed by atoms with Gasteiger partial charge in [0.05, 0.1) is 6.07 Å². The monoisotopic (exact) mass is 442 g/mol. The number of rotatable bonds is 7. The second-order valence-electron chi connectivity index (χ2n) is 9.20. The van der Waals surface area contributed by atoms with Crippen LogP contribution in [0.25, 0.3) is 0 Å². The minimum absolute atomic E-state index is 0.0579. The number of carbonyl (C=O) groups excluding carboxylic acids is 3. The molecule has 0 saturated heterocycles. The summed E-state index contributed by atoms with van der Waals surface area (Å²) in [6.07, 6.45) is 4.34. The van der Waals surface area contributed by atoms with Gasteiger partial charge in [0.15, 0.2) is 0 Å². The lowest BCUT2D eigenvalue weighted by Gasteiger charge is -2.32. The molecule has 0 spiro atoms. The van der Waals surface area contributed by atoms with Crippen LogP contribution in [0.4, 0.5) is 4.79 Å². The van der Waals surface area contributed by atoms with Crippen molar-refractivity contribution in [1.29, 1.82) is 5.26 Å². The van der Waals surface area contributed by atoms with Gasteiger partial charge < -0.3 is 20.3 Å². The van der Waals surface area contributed by atoms with Crippen LogP contribution in [0.3, 0.4) is 0 Å². The van der Waals surface area contributed by atoms with E-state index in [-0.39, 0.29) is 25.0 Å². The second kappa shape index (κ2) is 11.5. The van der Waals surface area contributed by atoms with Crippen LogP contribution in [0.2, 0.25) is 0 Å². The van der Waals surface area contributed by atoms with Crippen molar-refractivity contribution >= 4 is 17.9 Å². The molecule has 1 aliphatic carbocycles. The van der Waals surface area contributed by atoms with Crippen LogP contribution in [-0.2, 0) is 14.3 Å². The van der Waals surface area contributed by atoms with Crippen molar-refractivity contribution in [1.82, 2.24) is 15.5 Å². The molecule has 2 rings (SSSR count). The number of hydrogen-bond acceptors (Lipinski definition) is 5. The lowest BCUT2D eigenvalue weighted by Crippen LogP contribution is -2.49. The molecule has 1 fully saturated rings. The summed E-state index contributed by atoms with van der Waals surface area (Å²) in [5, 5.41) is 14.9. The van der Waals surface area contributed by atoms with E-state index in [2.05, 4.69) is 10.6 Å². The molecular formula is C24H34N4O4. The van der Waals surface area contributed by atoms with E-state index in [9.17, 15) is 19.6 Å². The Bertz CT molecular complexity index is 850. The van der Waals surface area contributed by atoms with Gasteiger partial charge in [-0.15, -0.1) is 0 Å².